The Bertz CT molecular complexity index is 739. The van der Waals surface area contributed by atoms with Crippen molar-refractivity contribution in [3.8, 4) is 0 Å². The predicted octanol–water partition coefficient (Wildman–Crippen LogP) is 3.72. The van der Waals surface area contributed by atoms with E-state index in [0.717, 1.165) is 20.1 Å². The highest BCUT2D eigenvalue weighted by Gasteiger charge is 2.12. The second-order valence-corrected chi connectivity index (χ2v) is 7.27. The molecular weight excluding hydrogens is 322 g/mol. The van der Waals surface area contributed by atoms with E-state index in [0.29, 0.717) is 5.75 Å². The van der Waals surface area contributed by atoms with E-state index >= 15 is 0 Å². The fourth-order valence-electron chi connectivity index (χ4n) is 1.89. The van der Waals surface area contributed by atoms with Crippen LogP contribution in [-0.4, -0.2) is 21.6 Å². The van der Waals surface area contributed by atoms with E-state index in [2.05, 4.69) is 15.3 Å². The van der Waals surface area contributed by atoms with Crippen molar-refractivity contribution in [3.63, 3.8) is 0 Å². The van der Waals surface area contributed by atoms with Crippen LogP contribution < -0.4 is 5.32 Å². The lowest BCUT2D eigenvalue weighted by atomic mass is 10.3. The molecule has 108 valence electrons. The summed E-state index contributed by atoms with van der Waals surface area (Å²) in [4.78, 5) is 21.7. The van der Waals surface area contributed by atoms with Crippen LogP contribution in [0.5, 0.6) is 0 Å². The van der Waals surface area contributed by atoms with Gasteiger partial charge in [-0.25, -0.2) is 9.97 Å². The largest absolute Gasteiger partial charge is 0.348 e. The molecule has 0 spiro atoms. The maximum Gasteiger partial charge on any atom is 0.230 e. The van der Waals surface area contributed by atoms with Crippen LogP contribution in [0, 0.1) is 0 Å². The number of hydrogen-bond donors (Lipinski definition) is 1. The van der Waals surface area contributed by atoms with Crippen LogP contribution in [0.25, 0.3) is 10.2 Å². The molecule has 1 atom stereocenters. The highest BCUT2D eigenvalue weighted by Crippen LogP contribution is 2.28. The molecule has 0 aromatic carbocycles. The third kappa shape index (κ3) is 3.42. The minimum Gasteiger partial charge on any atom is -0.348 e. The van der Waals surface area contributed by atoms with Gasteiger partial charge in [-0.15, -0.1) is 22.7 Å². The first kappa shape index (κ1) is 14.5. The first-order chi connectivity index (χ1) is 10.2. The van der Waals surface area contributed by atoms with E-state index in [1.807, 2.05) is 35.9 Å². The van der Waals surface area contributed by atoms with E-state index in [-0.39, 0.29) is 11.9 Å². The van der Waals surface area contributed by atoms with Gasteiger partial charge in [0.1, 0.15) is 11.4 Å². The summed E-state index contributed by atoms with van der Waals surface area (Å²) in [6.45, 7) is 2.00. The van der Waals surface area contributed by atoms with Crippen LogP contribution in [-0.2, 0) is 4.79 Å². The topological polar surface area (TPSA) is 54.9 Å². The molecule has 0 unspecified atom stereocenters. The molecule has 21 heavy (non-hydrogen) atoms. The van der Waals surface area contributed by atoms with Crippen LogP contribution in [0.15, 0.2) is 40.3 Å². The zero-order valence-corrected chi connectivity index (χ0v) is 13.7. The summed E-state index contributed by atoms with van der Waals surface area (Å²) in [6.07, 6.45) is 1.55. The van der Waals surface area contributed by atoms with Gasteiger partial charge in [-0.1, -0.05) is 17.8 Å². The van der Waals surface area contributed by atoms with E-state index in [1.54, 1.807) is 29.0 Å². The zero-order valence-electron chi connectivity index (χ0n) is 11.3. The standard InChI is InChI=1S/C14H13N3OS3/c1-9(11-3-2-5-19-11)17-12(18)7-21-14-13-10(4-6-20-13)15-8-16-14/h2-6,8-9H,7H2,1H3,(H,17,18)/t9-/m1/s1. The summed E-state index contributed by atoms with van der Waals surface area (Å²) in [7, 11) is 0. The SMILES string of the molecule is C[C@@H](NC(=O)CSc1ncnc2ccsc12)c1cccs1. The molecule has 0 bridgehead atoms. The highest BCUT2D eigenvalue weighted by atomic mass is 32.2. The summed E-state index contributed by atoms with van der Waals surface area (Å²) >= 11 is 4.70. The number of nitrogens with one attached hydrogen (secondary N) is 1. The van der Waals surface area contributed by atoms with Crippen molar-refractivity contribution in [2.24, 2.45) is 0 Å². The Morgan fingerprint density at radius 3 is 3.05 bits per heavy atom. The molecular formula is C14H13N3OS3. The van der Waals surface area contributed by atoms with Crippen LogP contribution in [0.4, 0.5) is 0 Å². The highest BCUT2D eigenvalue weighted by molar-refractivity contribution is 8.00. The van der Waals surface area contributed by atoms with E-state index in [4.69, 9.17) is 0 Å². The van der Waals surface area contributed by atoms with Crippen molar-refractivity contribution >= 4 is 50.6 Å². The molecule has 3 aromatic heterocycles. The molecule has 0 aliphatic rings. The van der Waals surface area contributed by atoms with E-state index < -0.39 is 0 Å². The molecule has 1 N–H and O–H groups in total. The van der Waals surface area contributed by atoms with Gasteiger partial charge in [0.2, 0.25) is 5.91 Å². The summed E-state index contributed by atoms with van der Waals surface area (Å²) in [5, 5.41) is 7.88. The van der Waals surface area contributed by atoms with Crippen LogP contribution in [0.2, 0.25) is 0 Å². The minimum absolute atomic E-state index is 0.0178. The number of fused-ring (bicyclic) bond motifs is 1. The fourth-order valence-corrected chi connectivity index (χ4v) is 4.39. The number of rotatable bonds is 5. The number of thiophene rings is 2. The lowest BCUT2D eigenvalue weighted by Gasteiger charge is -2.11. The van der Waals surface area contributed by atoms with Crippen LogP contribution in [0.3, 0.4) is 0 Å². The first-order valence-electron chi connectivity index (χ1n) is 6.38. The van der Waals surface area contributed by atoms with Crippen molar-refractivity contribution in [1.82, 2.24) is 15.3 Å². The molecule has 0 aliphatic heterocycles. The average molecular weight is 335 g/mol. The predicted molar refractivity (Wildman–Crippen MR) is 89.0 cm³/mol. The molecule has 0 radical (unpaired) electrons. The summed E-state index contributed by atoms with van der Waals surface area (Å²) in [6, 6.07) is 6.03. The van der Waals surface area contributed by atoms with Gasteiger partial charge in [0, 0.05) is 4.88 Å². The number of nitrogens with zero attached hydrogens (tertiary/aromatic N) is 2. The Hall–Kier alpha value is -1.44. The summed E-state index contributed by atoms with van der Waals surface area (Å²) in [5.41, 5.74) is 0.935. The van der Waals surface area contributed by atoms with Crippen molar-refractivity contribution < 1.29 is 4.79 Å². The van der Waals surface area contributed by atoms with Gasteiger partial charge in [0.15, 0.2) is 0 Å². The minimum atomic E-state index is 0.0178. The number of carbonyl (C=O) groups excluding carboxylic acids is 1. The number of amides is 1. The second kappa shape index (κ2) is 6.55. The average Bonchev–Trinajstić information content (AvgIpc) is 3.15. The van der Waals surface area contributed by atoms with Crippen LogP contribution in [0.1, 0.15) is 17.8 Å². The van der Waals surface area contributed by atoms with Gasteiger partial charge in [-0.2, -0.15) is 0 Å². The third-order valence-electron chi connectivity index (χ3n) is 2.90. The van der Waals surface area contributed by atoms with E-state index in [9.17, 15) is 4.79 Å². The molecule has 0 fully saturated rings. The number of aromatic nitrogens is 2. The zero-order chi connectivity index (χ0) is 14.7. The molecule has 4 nitrogen and oxygen atoms in total. The Labute approximate surface area is 134 Å². The third-order valence-corrected chi connectivity index (χ3v) is 5.98. The molecule has 0 saturated carbocycles. The smallest absolute Gasteiger partial charge is 0.230 e. The monoisotopic (exact) mass is 335 g/mol. The van der Waals surface area contributed by atoms with Crippen molar-refractivity contribution in [1.29, 1.82) is 0 Å². The second-order valence-electron chi connectivity index (χ2n) is 4.41. The molecule has 0 aliphatic carbocycles. The molecule has 1 amide bonds. The van der Waals surface area contributed by atoms with Crippen molar-refractivity contribution in [2.45, 2.75) is 18.0 Å². The quantitative estimate of drug-likeness (QED) is 0.570. The number of carbonyl (C=O) groups is 1. The molecule has 3 heterocycles. The van der Waals surface area contributed by atoms with E-state index in [1.165, 1.54) is 11.8 Å². The Kier molecular flexibility index (Phi) is 4.52. The first-order valence-corrected chi connectivity index (χ1v) is 9.12. The van der Waals surface area contributed by atoms with Crippen molar-refractivity contribution in [2.75, 3.05) is 5.75 Å². The van der Waals surface area contributed by atoms with Gasteiger partial charge >= 0.3 is 0 Å². The van der Waals surface area contributed by atoms with Gasteiger partial charge in [-0.05, 0) is 29.8 Å². The Morgan fingerprint density at radius 2 is 2.24 bits per heavy atom. The number of hydrogen-bond acceptors (Lipinski definition) is 6. The lowest BCUT2D eigenvalue weighted by Crippen LogP contribution is -2.27. The summed E-state index contributed by atoms with van der Waals surface area (Å²) < 4.78 is 1.04. The maximum absolute atomic E-state index is 12.0. The Balaban J connectivity index is 1.60. The summed E-state index contributed by atoms with van der Waals surface area (Å²) in [5.74, 6) is 0.379. The molecule has 7 heteroatoms. The van der Waals surface area contributed by atoms with Crippen LogP contribution >= 0.6 is 34.4 Å². The lowest BCUT2D eigenvalue weighted by molar-refractivity contribution is -0.119. The van der Waals surface area contributed by atoms with Gasteiger partial charge in [-0.3, -0.25) is 4.79 Å². The molecule has 0 saturated heterocycles. The van der Waals surface area contributed by atoms with Crippen molar-refractivity contribution in [3.05, 3.63) is 40.2 Å². The fraction of sp³-hybridized carbons (Fsp3) is 0.214. The number of thioether (sulfide) groups is 1. The molecule has 3 rings (SSSR count). The Morgan fingerprint density at radius 1 is 1.33 bits per heavy atom. The maximum atomic E-state index is 12.0. The normalized spacial score (nSPS) is 12.4. The van der Waals surface area contributed by atoms with Gasteiger partial charge in [0.25, 0.3) is 0 Å². The van der Waals surface area contributed by atoms with Gasteiger partial charge < -0.3 is 5.32 Å². The molecule has 3 aromatic rings. The van der Waals surface area contributed by atoms with Gasteiger partial charge in [0.05, 0.1) is 22.0 Å².